The van der Waals surface area contributed by atoms with Gasteiger partial charge in [-0.15, -0.1) is 11.3 Å². The summed E-state index contributed by atoms with van der Waals surface area (Å²) in [5, 5.41) is 0.553. The van der Waals surface area contributed by atoms with Crippen LogP contribution in [0.3, 0.4) is 0 Å². The second kappa shape index (κ2) is 6.81. The monoisotopic (exact) mass is 291 g/mol. The fraction of sp³-hybridized carbons (Fsp3) is 0.214. The van der Waals surface area contributed by atoms with E-state index in [1.54, 1.807) is 31.2 Å². The molecule has 0 atom stereocenters. The first-order valence-electron chi connectivity index (χ1n) is 6.04. The third kappa shape index (κ3) is 3.64. The number of thiazole rings is 1. The number of rotatable bonds is 5. The Morgan fingerprint density at radius 1 is 1.15 bits per heavy atom. The zero-order valence-electron chi connectivity index (χ0n) is 10.9. The molecule has 0 N–H and O–H groups in total. The van der Waals surface area contributed by atoms with Gasteiger partial charge in [-0.2, -0.15) is 0 Å². The predicted molar refractivity (Wildman–Crippen MR) is 73.6 cm³/mol. The van der Waals surface area contributed by atoms with Crippen LogP contribution >= 0.6 is 11.3 Å². The van der Waals surface area contributed by atoms with Gasteiger partial charge in [0.15, 0.2) is 0 Å². The van der Waals surface area contributed by atoms with Crippen molar-refractivity contribution >= 4 is 23.3 Å². The molecule has 0 fully saturated rings. The highest BCUT2D eigenvalue weighted by molar-refractivity contribution is 7.13. The van der Waals surface area contributed by atoms with Crippen LogP contribution in [0, 0.1) is 0 Å². The van der Waals surface area contributed by atoms with E-state index in [1.807, 2.05) is 6.07 Å². The lowest BCUT2D eigenvalue weighted by atomic mass is 10.2. The Kier molecular flexibility index (Phi) is 4.84. The molecule has 0 amide bonds. The molecule has 0 bridgehead atoms. The summed E-state index contributed by atoms with van der Waals surface area (Å²) >= 11 is 1.16. The maximum Gasteiger partial charge on any atom is 0.349 e. The minimum atomic E-state index is -0.418. The number of carbonyl (C=O) groups is 2. The summed E-state index contributed by atoms with van der Waals surface area (Å²) in [7, 11) is 0. The average Bonchev–Trinajstić information content (AvgIpc) is 2.95. The number of aromatic nitrogens is 1. The number of esters is 2. The van der Waals surface area contributed by atoms with E-state index in [1.165, 1.54) is 6.20 Å². The number of benzene rings is 1. The molecule has 0 aliphatic rings. The van der Waals surface area contributed by atoms with Gasteiger partial charge in [0.05, 0.1) is 18.4 Å². The molecule has 104 valence electrons. The van der Waals surface area contributed by atoms with Gasteiger partial charge in [0, 0.05) is 0 Å². The number of carbonyl (C=O) groups excluding carboxylic acids is 2. The molecule has 0 saturated heterocycles. The first-order valence-corrected chi connectivity index (χ1v) is 6.86. The highest BCUT2D eigenvalue weighted by atomic mass is 32.1. The van der Waals surface area contributed by atoms with Gasteiger partial charge >= 0.3 is 11.9 Å². The molecule has 0 unspecified atom stereocenters. The maximum atomic E-state index is 11.7. The Morgan fingerprint density at radius 3 is 2.60 bits per heavy atom. The zero-order valence-corrected chi connectivity index (χ0v) is 11.7. The summed E-state index contributed by atoms with van der Waals surface area (Å²) < 4.78 is 9.98. The molecule has 0 aliphatic heterocycles. The van der Waals surface area contributed by atoms with Crippen molar-refractivity contribution in [2.24, 2.45) is 0 Å². The van der Waals surface area contributed by atoms with Gasteiger partial charge in [-0.25, -0.2) is 14.6 Å². The van der Waals surface area contributed by atoms with Crippen LogP contribution in [-0.4, -0.2) is 23.5 Å². The number of hydrogen-bond acceptors (Lipinski definition) is 6. The van der Waals surface area contributed by atoms with Gasteiger partial charge in [0.1, 0.15) is 16.5 Å². The van der Waals surface area contributed by atoms with Crippen molar-refractivity contribution in [3.05, 3.63) is 52.0 Å². The Balaban J connectivity index is 1.92. The van der Waals surface area contributed by atoms with E-state index in [0.29, 0.717) is 22.1 Å². The Labute approximate surface area is 120 Å². The molecule has 6 heteroatoms. The van der Waals surface area contributed by atoms with Gasteiger partial charge < -0.3 is 9.47 Å². The van der Waals surface area contributed by atoms with Crippen LogP contribution in [0.2, 0.25) is 0 Å². The summed E-state index contributed by atoms with van der Waals surface area (Å²) in [6, 6.07) is 8.70. The molecule has 0 saturated carbocycles. The van der Waals surface area contributed by atoms with Crippen LogP contribution in [0.1, 0.15) is 32.0 Å². The van der Waals surface area contributed by atoms with Gasteiger partial charge in [-0.1, -0.05) is 18.2 Å². The molecule has 0 aliphatic carbocycles. The van der Waals surface area contributed by atoms with Crippen molar-refractivity contribution < 1.29 is 19.1 Å². The van der Waals surface area contributed by atoms with E-state index < -0.39 is 11.9 Å². The van der Waals surface area contributed by atoms with Crippen molar-refractivity contribution in [1.29, 1.82) is 0 Å². The van der Waals surface area contributed by atoms with Crippen LogP contribution in [0.4, 0.5) is 0 Å². The molecule has 20 heavy (non-hydrogen) atoms. The Bertz CT molecular complexity index is 594. The molecule has 1 aromatic carbocycles. The highest BCUT2D eigenvalue weighted by Crippen LogP contribution is 2.15. The minimum Gasteiger partial charge on any atom is -0.462 e. The largest absolute Gasteiger partial charge is 0.462 e. The first kappa shape index (κ1) is 14.2. The molecular formula is C14H13NO4S. The number of nitrogens with zero attached hydrogens (tertiary/aromatic N) is 1. The van der Waals surface area contributed by atoms with Gasteiger partial charge in [-0.05, 0) is 19.1 Å². The molecule has 0 spiro atoms. The lowest BCUT2D eigenvalue weighted by Gasteiger charge is -2.01. The van der Waals surface area contributed by atoms with E-state index >= 15 is 0 Å². The lowest BCUT2D eigenvalue weighted by Crippen LogP contribution is -2.04. The molecule has 0 radical (unpaired) electrons. The van der Waals surface area contributed by atoms with Crippen LogP contribution in [0.25, 0.3) is 0 Å². The van der Waals surface area contributed by atoms with E-state index in [2.05, 4.69) is 4.98 Å². The fourth-order valence-electron chi connectivity index (χ4n) is 1.46. The second-order valence-corrected chi connectivity index (χ2v) is 4.90. The summed E-state index contributed by atoms with van der Waals surface area (Å²) in [5.41, 5.74) is 0.481. The van der Waals surface area contributed by atoms with Crippen molar-refractivity contribution in [2.75, 3.05) is 6.61 Å². The van der Waals surface area contributed by atoms with Crippen LogP contribution in [0.15, 0.2) is 36.5 Å². The molecule has 5 nitrogen and oxygen atoms in total. The summed E-state index contributed by atoms with van der Waals surface area (Å²) in [4.78, 5) is 27.6. The molecular weight excluding hydrogens is 278 g/mol. The van der Waals surface area contributed by atoms with Crippen LogP contribution in [0.5, 0.6) is 0 Å². The average molecular weight is 291 g/mol. The van der Waals surface area contributed by atoms with Gasteiger partial charge in [0.2, 0.25) is 0 Å². The predicted octanol–water partition coefficient (Wildman–Crippen LogP) is 2.68. The quantitative estimate of drug-likeness (QED) is 0.792. The topological polar surface area (TPSA) is 65.5 Å². The fourth-order valence-corrected chi connectivity index (χ4v) is 2.18. The Hall–Kier alpha value is -2.21. The zero-order chi connectivity index (χ0) is 14.4. The molecule has 1 heterocycles. The van der Waals surface area contributed by atoms with E-state index in [-0.39, 0.29) is 6.61 Å². The third-order valence-corrected chi connectivity index (χ3v) is 3.32. The van der Waals surface area contributed by atoms with Crippen molar-refractivity contribution in [3.63, 3.8) is 0 Å². The minimum absolute atomic E-state index is 0.0395. The van der Waals surface area contributed by atoms with E-state index in [9.17, 15) is 9.59 Å². The highest BCUT2D eigenvalue weighted by Gasteiger charge is 2.13. The normalized spacial score (nSPS) is 10.1. The summed E-state index contributed by atoms with van der Waals surface area (Å²) in [5.74, 6) is -0.830. The summed E-state index contributed by atoms with van der Waals surface area (Å²) in [6.45, 7) is 2.09. The lowest BCUT2D eigenvalue weighted by molar-refractivity contribution is 0.0471. The number of ether oxygens (including phenoxy) is 2. The van der Waals surface area contributed by atoms with Crippen LogP contribution < -0.4 is 0 Å². The molecule has 2 aromatic rings. The smallest absolute Gasteiger partial charge is 0.349 e. The number of hydrogen-bond donors (Lipinski definition) is 0. The first-order chi connectivity index (χ1) is 9.70. The second-order valence-electron chi connectivity index (χ2n) is 3.78. The Morgan fingerprint density at radius 2 is 1.90 bits per heavy atom. The molecule has 2 rings (SSSR count). The maximum absolute atomic E-state index is 11.7. The van der Waals surface area contributed by atoms with E-state index in [4.69, 9.17) is 9.47 Å². The van der Waals surface area contributed by atoms with Gasteiger partial charge in [-0.3, -0.25) is 0 Å². The summed E-state index contributed by atoms with van der Waals surface area (Å²) in [6.07, 6.45) is 1.42. The SMILES string of the molecule is CCOC(=O)c1cnc(COC(=O)c2ccccc2)s1. The standard InChI is InChI=1S/C14H13NO4S/c1-2-18-14(17)11-8-15-12(20-11)9-19-13(16)10-6-4-3-5-7-10/h3-8H,2,9H2,1H3. The van der Waals surface area contributed by atoms with Gasteiger partial charge in [0.25, 0.3) is 0 Å². The van der Waals surface area contributed by atoms with Crippen molar-refractivity contribution in [1.82, 2.24) is 4.98 Å². The van der Waals surface area contributed by atoms with E-state index in [0.717, 1.165) is 11.3 Å². The van der Waals surface area contributed by atoms with Crippen molar-refractivity contribution in [3.8, 4) is 0 Å². The van der Waals surface area contributed by atoms with Crippen molar-refractivity contribution in [2.45, 2.75) is 13.5 Å². The molecule has 1 aromatic heterocycles. The third-order valence-electron chi connectivity index (χ3n) is 2.37. The van der Waals surface area contributed by atoms with Crippen LogP contribution in [-0.2, 0) is 16.1 Å².